The van der Waals surface area contributed by atoms with Crippen LogP contribution in [0.3, 0.4) is 0 Å². The topological polar surface area (TPSA) is 52.7 Å². The summed E-state index contributed by atoms with van der Waals surface area (Å²) < 4.78 is 0. The van der Waals surface area contributed by atoms with E-state index >= 15 is 0 Å². The summed E-state index contributed by atoms with van der Waals surface area (Å²) in [7, 11) is 4.02. The van der Waals surface area contributed by atoms with Crippen molar-refractivity contribution in [1.29, 1.82) is 0 Å². The largest absolute Gasteiger partial charge is 0.352 e. The van der Waals surface area contributed by atoms with Crippen molar-refractivity contribution < 1.29 is 9.59 Å². The summed E-state index contributed by atoms with van der Waals surface area (Å²) in [5.74, 6) is -0.181. The number of nitrogens with one attached hydrogen (secondary N) is 1. The lowest BCUT2D eigenvalue weighted by Crippen LogP contribution is -2.31. The maximum atomic E-state index is 12.9. The van der Waals surface area contributed by atoms with E-state index in [1.54, 1.807) is 29.2 Å². The molecule has 0 spiro atoms. The summed E-state index contributed by atoms with van der Waals surface area (Å²) in [4.78, 5) is 28.9. The molecule has 2 aromatic carbocycles. The van der Waals surface area contributed by atoms with Crippen LogP contribution in [0.1, 0.15) is 39.6 Å². The molecule has 0 radical (unpaired) electrons. The molecule has 1 N–H and O–H groups in total. The number of amides is 2. The van der Waals surface area contributed by atoms with Crippen molar-refractivity contribution in [2.75, 3.05) is 38.6 Å². The van der Waals surface area contributed by atoms with Gasteiger partial charge in [0, 0.05) is 29.9 Å². The van der Waals surface area contributed by atoms with Gasteiger partial charge in [0.2, 0.25) is 0 Å². The molecule has 5 heteroatoms. The molecule has 0 unspecified atom stereocenters. The lowest BCUT2D eigenvalue weighted by molar-refractivity contribution is 0.0949. The van der Waals surface area contributed by atoms with Crippen LogP contribution < -0.4 is 10.2 Å². The molecule has 0 fully saturated rings. The third-order valence-corrected chi connectivity index (χ3v) is 4.34. The molecular formula is C22H29N3O2. The zero-order valence-electron chi connectivity index (χ0n) is 16.7. The number of carbonyl (C=O) groups is 2. The minimum absolute atomic E-state index is 0.0685. The molecule has 2 amide bonds. The highest BCUT2D eigenvalue weighted by Gasteiger charge is 2.16. The highest BCUT2D eigenvalue weighted by molar-refractivity contribution is 6.06. The Morgan fingerprint density at radius 1 is 1.00 bits per heavy atom. The summed E-state index contributed by atoms with van der Waals surface area (Å²) in [6, 6.07) is 14.7. The number of carbonyl (C=O) groups excluding carboxylic acids is 2. The van der Waals surface area contributed by atoms with Crippen LogP contribution in [0.15, 0.2) is 48.5 Å². The molecule has 2 rings (SSSR count). The second kappa shape index (κ2) is 9.88. The second-order valence-electron chi connectivity index (χ2n) is 6.88. The van der Waals surface area contributed by atoms with Gasteiger partial charge in [-0.3, -0.25) is 9.59 Å². The third-order valence-electron chi connectivity index (χ3n) is 4.34. The van der Waals surface area contributed by atoms with E-state index < -0.39 is 0 Å². The number of anilines is 1. The molecule has 0 atom stereocenters. The monoisotopic (exact) mass is 367 g/mol. The van der Waals surface area contributed by atoms with Gasteiger partial charge < -0.3 is 15.1 Å². The molecule has 0 saturated carbocycles. The molecule has 0 aliphatic rings. The van der Waals surface area contributed by atoms with Gasteiger partial charge in [0.15, 0.2) is 0 Å². The number of benzene rings is 2. The van der Waals surface area contributed by atoms with Crippen molar-refractivity contribution >= 4 is 17.5 Å². The van der Waals surface area contributed by atoms with Gasteiger partial charge in [0.25, 0.3) is 11.8 Å². The first kappa shape index (κ1) is 20.6. The first-order valence-corrected chi connectivity index (χ1v) is 9.34. The zero-order valence-corrected chi connectivity index (χ0v) is 16.7. The maximum absolute atomic E-state index is 12.9. The Bertz CT molecular complexity index is 769. The van der Waals surface area contributed by atoms with E-state index in [-0.39, 0.29) is 11.8 Å². The molecule has 0 bridgehead atoms. The molecule has 2 aromatic rings. The van der Waals surface area contributed by atoms with Crippen molar-refractivity contribution in [3.8, 4) is 0 Å². The van der Waals surface area contributed by atoms with Gasteiger partial charge in [-0.2, -0.15) is 0 Å². The van der Waals surface area contributed by atoms with Crippen molar-refractivity contribution in [2.24, 2.45) is 0 Å². The van der Waals surface area contributed by atoms with Crippen molar-refractivity contribution in [1.82, 2.24) is 10.2 Å². The van der Waals surface area contributed by atoms with E-state index in [9.17, 15) is 9.59 Å². The highest BCUT2D eigenvalue weighted by atomic mass is 16.2. The Kier molecular flexibility index (Phi) is 7.55. The predicted molar refractivity (Wildman–Crippen MR) is 110 cm³/mol. The van der Waals surface area contributed by atoms with Crippen LogP contribution in [0.5, 0.6) is 0 Å². The van der Waals surface area contributed by atoms with Crippen LogP contribution >= 0.6 is 0 Å². The SMILES string of the molecule is CCN(C(=O)c1ccc(C(=O)NCCCN(C)C)cc1)c1cccc(C)c1. The minimum Gasteiger partial charge on any atom is -0.352 e. The molecule has 27 heavy (non-hydrogen) atoms. The summed E-state index contributed by atoms with van der Waals surface area (Å²) in [6.45, 7) is 6.11. The van der Waals surface area contributed by atoms with Gasteiger partial charge in [0.1, 0.15) is 0 Å². The fourth-order valence-electron chi connectivity index (χ4n) is 2.86. The lowest BCUT2D eigenvalue weighted by Gasteiger charge is -2.21. The molecule has 0 saturated heterocycles. The first-order valence-electron chi connectivity index (χ1n) is 9.34. The lowest BCUT2D eigenvalue weighted by atomic mass is 10.1. The van der Waals surface area contributed by atoms with Crippen molar-refractivity contribution in [2.45, 2.75) is 20.3 Å². The highest BCUT2D eigenvalue weighted by Crippen LogP contribution is 2.19. The van der Waals surface area contributed by atoms with Crippen LogP contribution in [0.2, 0.25) is 0 Å². The van der Waals surface area contributed by atoms with Gasteiger partial charge in [-0.15, -0.1) is 0 Å². The van der Waals surface area contributed by atoms with Crippen molar-refractivity contribution in [3.63, 3.8) is 0 Å². The standard InChI is InChI=1S/C22H29N3O2/c1-5-25(20-9-6-8-17(2)16-20)22(27)19-12-10-18(11-13-19)21(26)23-14-7-15-24(3)4/h6,8-13,16H,5,7,14-15H2,1-4H3,(H,23,26). The fourth-order valence-corrected chi connectivity index (χ4v) is 2.86. The van der Waals surface area contributed by atoms with Gasteiger partial charge in [-0.25, -0.2) is 0 Å². The van der Waals surface area contributed by atoms with E-state index in [2.05, 4.69) is 10.2 Å². The molecule has 0 aliphatic heterocycles. The number of hydrogen-bond donors (Lipinski definition) is 1. The average Bonchev–Trinajstić information content (AvgIpc) is 2.65. The summed E-state index contributed by atoms with van der Waals surface area (Å²) in [6.07, 6.45) is 0.900. The molecule has 5 nitrogen and oxygen atoms in total. The number of hydrogen-bond acceptors (Lipinski definition) is 3. The molecule has 0 aromatic heterocycles. The smallest absolute Gasteiger partial charge is 0.258 e. The maximum Gasteiger partial charge on any atom is 0.258 e. The van der Waals surface area contributed by atoms with Gasteiger partial charge >= 0.3 is 0 Å². The Morgan fingerprint density at radius 2 is 1.67 bits per heavy atom. The van der Waals surface area contributed by atoms with Gasteiger partial charge in [-0.05, 0) is 82.9 Å². The average molecular weight is 367 g/mol. The van der Waals surface area contributed by atoms with Crippen molar-refractivity contribution in [3.05, 3.63) is 65.2 Å². The van der Waals surface area contributed by atoms with Crippen LogP contribution in [-0.2, 0) is 0 Å². The van der Waals surface area contributed by atoms with E-state index in [1.807, 2.05) is 52.2 Å². The minimum atomic E-state index is -0.112. The van der Waals surface area contributed by atoms with Crippen LogP contribution in [0.4, 0.5) is 5.69 Å². The summed E-state index contributed by atoms with van der Waals surface area (Å²) in [5.41, 5.74) is 3.13. The Labute approximate surface area is 162 Å². The second-order valence-corrected chi connectivity index (χ2v) is 6.88. The van der Waals surface area contributed by atoms with E-state index in [4.69, 9.17) is 0 Å². The molecular weight excluding hydrogens is 338 g/mol. The third kappa shape index (κ3) is 5.93. The Morgan fingerprint density at radius 3 is 2.26 bits per heavy atom. The molecule has 144 valence electrons. The van der Waals surface area contributed by atoms with Gasteiger partial charge in [0.05, 0.1) is 0 Å². The van der Waals surface area contributed by atoms with E-state index in [0.717, 1.165) is 24.2 Å². The predicted octanol–water partition coefficient (Wildman–Crippen LogP) is 3.34. The number of aryl methyl sites for hydroxylation is 1. The Hall–Kier alpha value is -2.66. The van der Waals surface area contributed by atoms with Crippen LogP contribution in [0, 0.1) is 6.92 Å². The fraction of sp³-hybridized carbons (Fsp3) is 0.364. The summed E-state index contributed by atoms with van der Waals surface area (Å²) >= 11 is 0. The number of nitrogens with zero attached hydrogens (tertiary/aromatic N) is 2. The van der Waals surface area contributed by atoms with Crippen LogP contribution in [0.25, 0.3) is 0 Å². The van der Waals surface area contributed by atoms with E-state index in [0.29, 0.717) is 24.2 Å². The Balaban J connectivity index is 2.02. The van der Waals surface area contributed by atoms with Crippen LogP contribution in [-0.4, -0.2) is 50.4 Å². The zero-order chi connectivity index (χ0) is 19.8. The number of rotatable bonds is 8. The molecule has 0 heterocycles. The quantitative estimate of drug-likeness (QED) is 0.728. The summed E-state index contributed by atoms with van der Waals surface area (Å²) in [5, 5.41) is 2.91. The first-order chi connectivity index (χ1) is 12.9. The molecule has 0 aliphatic carbocycles. The van der Waals surface area contributed by atoms with E-state index in [1.165, 1.54) is 0 Å². The normalized spacial score (nSPS) is 10.7. The van der Waals surface area contributed by atoms with Gasteiger partial charge in [-0.1, -0.05) is 12.1 Å².